The van der Waals surface area contributed by atoms with Crippen LogP contribution in [-0.2, 0) is 4.79 Å². The Labute approximate surface area is 87.9 Å². The molecular formula is C6H12BrNO6. The number of rotatable bonds is 5. The summed E-state index contributed by atoms with van der Waals surface area (Å²) in [6, 6.07) is 0. The molecule has 0 aromatic rings. The van der Waals surface area contributed by atoms with E-state index in [4.69, 9.17) is 21.1 Å². The van der Waals surface area contributed by atoms with Crippen LogP contribution in [0.25, 0.3) is 0 Å². The maximum absolute atomic E-state index is 10.6. The van der Waals surface area contributed by atoms with Crippen molar-refractivity contribution in [2.24, 2.45) is 5.73 Å². The van der Waals surface area contributed by atoms with E-state index in [2.05, 4.69) is 15.9 Å². The zero-order valence-electron chi connectivity index (χ0n) is 7.04. The SMILES string of the molecule is NC(=O)[C@@](O)(Br)[C@H](O)[C@H](O)[C@H](O)CO. The largest absolute Gasteiger partial charge is 0.394 e. The molecule has 8 heteroatoms. The number of aliphatic hydroxyl groups is 5. The molecule has 7 N–H and O–H groups in total. The van der Waals surface area contributed by atoms with E-state index in [0.29, 0.717) is 0 Å². The summed E-state index contributed by atoms with van der Waals surface area (Å²) in [4.78, 5) is 10.6. The molecule has 0 heterocycles. The van der Waals surface area contributed by atoms with Crippen LogP contribution in [0.4, 0.5) is 0 Å². The first-order chi connectivity index (χ1) is 6.25. The van der Waals surface area contributed by atoms with Crippen LogP contribution >= 0.6 is 15.9 Å². The maximum Gasteiger partial charge on any atom is 0.263 e. The lowest BCUT2D eigenvalue weighted by Gasteiger charge is -2.29. The Morgan fingerprint density at radius 1 is 1.43 bits per heavy atom. The molecule has 0 fully saturated rings. The molecule has 7 nitrogen and oxygen atoms in total. The number of aliphatic hydroxyl groups excluding tert-OH is 4. The van der Waals surface area contributed by atoms with Crippen molar-refractivity contribution in [3.05, 3.63) is 0 Å². The van der Waals surface area contributed by atoms with E-state index in [-0.39, 0.29) is 0 Å². The average molecular weight is 274 g/mol. The summed E-state index contributed by atoms with van der Waals surface area (Å²) in [5.74, 6) is -1.32. The Morgan fingerprint density at radius 2 is 1.86 bits per heavy atom. The summed E-state index contributed by atoms with van der Waals surface area (Å²) in [6.07, 6.45) is -5.65. The molecule has 4 atom stereocenters. The molecule has 84 valence electrons. The van der Waals surface area contributed by atoms with E-state index in [1.165, 1.54) is 0 Å². The quantitative estimate of drug-likeness (QED) is 0.289. The number of carbonyl (C=O) groups is 1. The minimum absolute atomic E-state index is 0.833. The Bertz CT molecular complexity index is 210. The summed E-state index contributed by atoms with van der Waals surface area (Å²) in [5, 5.41) is 44.8. The Kier molecular flexibility index (Phi) is 4.92. The number of primary amides is 1. The van der Waals surface area contributed by atoms with Gasteiger partial charge in [-0.05, 0) is 15.9 Å². The fourth-order valence-electron chi connectivity index (χ4n) is 0.690. The summed E-state index contributed by atoms with van der Waals surface area (Å²) >= 11 is 2.39. The van der Waals surface area contributed by atoms with Crippen molar-refractivity contribution in [1.29, 1.82) is 0 Å². The zero-order chi connectivity index (χ0) is 11.5. The Morgan fingerprint density at radius 3 is 2.14 bits per heavy atom. The van der Waals surface area contributed by atoms with Crippen molar-refractivity contribution in [3.8, 4) is 0 Å². The molecule has 14 heavy (non-hydrogen) atoms. The van der Waals surface area contributed by atoms with Gasteiger partial charge in [-0.2, -0.15) is 0 Å². The van der Waals surface area contributed by atoms with Gasteiger partial charge in [0, 0.05) is 0 Å². The summed E-state index contributed by atoms with van der Waals surface area (Å²) in [6.45, 7) is -0.833. The smallest absolute Gasteiger partial charge is 0.263 e. The van der Waals surface area contributed by atoms with Crippen LogP contribution in [0.1, 0.15) is 0 Å². The standard InChI is InChI=1S/C6H12BrNO6/c7-6(14,5(8)13)4(12)3(11)2(10)1-9/h2-4,9-12,14H,1H2,(H2,8,13)/t2-,3-,4-,6-/m1/s1. The number of amides is 1. The first-order valence-corrected chi connectivity index (χ1v) is 4.40. The van der Waals surface area contributed by atoms with Crippen LogP contribution in [0.15, 0.2) is 0 Å². The minimum atomic E-state index is -2.55. The van der Waals surface area contributed by atoms with Crippen molar-refractivity contribution in [2.45, 2.75) is 22.8 Å². The molecule has 0 radical (unpaired) electrons. The molecule has 0 aromatic carbocycles. The molecule has 0 rings (SSSR count). The Hall–Kier alpha value is -0.250. The second kappa shape index (κ2) is 5.01. The minimum Gasteiger partial charge on any atom is -0.394 e. The second-order valence-electron chi connectivity index (χ2n) is 2.72. The van der Waals surface area contributed by atoms with Gasteiger partial charge in [0.15, 0.2) is 0 Å². The van der Waals surface area contributed by atoms with Gasteiger partial charge in [-0.25, -0.2) is 0 Å². The van der Waals surface area contributed by atoms with Crippen molar-refractivity contribution in [1.82, 2.24) is 0 Å². The highest BCUT2D eigenvalue weighted by Gasteiger charge is 2.45. The predicted molar refractivity (Wildman–Crippen MR) is 48.2 cm³/mol. The van der Waals surface area contributed by atoms with Gasteiger partial charge in [-0.15, -0.1) is 0 Å². The monoisotopic (exact) mass is 273 g/mol. The Balaban J connectivity index is 4.60. The van der Waals surface area contributed by atoms with E-state index in [1.54, 1.807) is 0 Å². The van der Waals surface area contributed by atoms with E-state index in [1.807, 2.05) is 0 Å². The van der Waals surface area contributed by atoms with Gasteiger partial charge in [-0.3, -0.25) is 4.79 Å². The summed E-state index contributed by atoms with van der Waals surface area (Å²) in [5.41, 5.74) is 4.70. The summed E-state index contributed by atoms with van der Waals surface area (Å²) in [7, 11) is 0. The molecule has 0 spiro atoms. The van der Waals surface area contributed by atoms with Gasteiger partial charge < -0.3 is 31.3 Å². The molecule has 0 aliphatic carbocycles. The number of hydrogen-bond donors (Lipinski definition) is 6. The molecule has 0 saturated heterocycles. The van der Waals surface area contributed by atoms with Crippen molar-refractivity contribution >= 4 is 21.8 Å². The molecule has 0 aliphatic heterocycles. The predicted octanol–water partition coefficient (Wildman–Crippen LogP) is -3.37. The van der Waals surface area contributed by atoms with Crippen molar-refractivity contribution in [2.75, 3.05) is 6.61 Å². The van der Waals surface area contributed by atoms with Crippen LogP contribution < -0.4 is 5.73 Å². The highest BCUT2D eigenvalue weighted by molar-refractivity contribution is 9.10. The molecule has 1 amide bonds. The summed E-state index contributed by atoms with van der Waals surface area (Å²) < 4.78 is -2.55. The van der Waals surface area contributed by atoms with Gasteiger partial charge in [0.1, 0.15) is 18.3 Å². The van der Waals surface area contributed by atoms with Gasteiger partial charge >= 0.3 is 0 Å². The highest BCUT2D eigenvalue weighted by Crippen LogP contribution is 2.22. The number of halogens is 1. The lowest BCUT2D eigenvalue weighted by atomic mass is 10.0. The topological polar surface area (TPSA) is 144 Å². The van der Waals surface area contributed by atoms with Gasteiger partial charge in [0.25, 0.3) is 5.91 Å². The molecule has 0 aliphatic rings. The molecule has 0 aromatic heterocycles. The number of carbonyl (C=O) groups excluding carboxylic acids is 1. The van der Waals surface area contributed by atoms with Crippen molar-refractivity contribution in [3.63, 3.8) is 0 Å². The molecule has 0 bridgehead atoms. The number of hydrogen-bond acceptors (Lipinski definition) is 6. The van der Waals surface area contributed by atoms with Crippen LogP contribution in [0.5, 0.6) is 0 Å². The van der Waals surface area contributed by atoms with Crippen LogP contribution in [0, 0.1) is 0 Å². The first kappa shape index (κ1) is 13.8. The van der Waals surface area contributed by atoms with Crippen LogP contribution in [0.2, 0.25) is 0 Å². The van der Waals surface area contributed by atoms with Gasteiger partial charge in [0.05, 0.1) is 6.61 Å². The molecule has 0 unspecified atom stereocenters. The van der Waals surface area contributed by atoms with E-state index < -0.39 is 35.3 Å². The van der Waals surface area contributed by atoms with Crippen molar-refractivity contribution < 1.29 is 30.3 Å². The lowest BCUT2D eigenvalue weighted by molar-refractivity contribution is -0.151. The first-order valence-electron chi connectivity index (χ1n) is 3.61. The van der Waals surface area contributed by atoms with E-state index in [9.17, 15) is 15.0 Å². The zero-order valence-corrected chi connectivity index (χ0v) is 8.62. The lowest BCUT2D eigenvalue weighted by Crippen LogP contribution is -2.56. The van der Waals surface area contributed by atoms with E-state index in [0.717, 1.165) is 0 Å². The van der Waals surface area contributed by atoms with E-state index >= 15 is 0 Å². The number of alkyl halides is 1. The fraction of sp³-hybridized carbons (Fsp3) is 0.833. The molecule has 0 saturated carbocycles. The second-order valence-corrected chi connectivity index (χ2v) is 3.93. The third-order valence-electron chi connectivity index (χ3n) is 1.64. The fourth-order valence-corrected chi connectivity index (χ4v) is 0.961. The third kappa shape index (κ3) is 2.87. The van der Waals surface area contributed by atoms with Gasteiger partial charge in [0.2, 0.25) is 4.51 Å². The average Bonchev–Trinajstić information content (AvgIpc) is 2.13. The molecular weight excluding hydrogens is 262 g/mol. The van der Waals surface area contributed by atoms with Gasteiger partial charge in [-0.1, -0.05) is 0 Å². The van der Waals surface area contributed by atoms with Crippen LogP contribution in [-0.4, -0.2) is 60.9 Å². The van der Waals surface area contributed by atoms with Crippen LogP contribution in [0.3, 0.4) is 0 Å². The maximum atomic E-state index is 10.6. The third-order valence-corrected chi connectivity index (χ3v) is 2.50. The number of nitrogens with two attached hydrogens (primary N) is 1. The highest BCUT2D eigenvalue weighted by atomic mass is 79.9. The normalized spacial score (nSPS) is 22.1.